The molecule has 16 heavy (non-hydrogen) atoms. The van der Waals surface area contributed by atoms with Crippen LogP contribution >= 0.6 is 23.5 Å². The molecule has 2 heterocycles. The number of hydrogen-bond acceptors (Lipinski definition) is 4. The van der Waals surface area contributed by atoms with Crippen molar-refractivity contribution in [3.8, 4) is 0 Å². The maximum Gasteiger partial charge on any atom is 0.222 e. The van der Waals surface area contributed by atoms with Crippen LogP contribution in [0, 0.1) is 0 Å². The van der Waals surface area contributed by atoms with Crippen molar-refractivity contribution in [2.45, 2.75) is 23.0 Å². The summed E-state index contributed by atoms with van der Waals surface area (Å²) < 4.78 is 5.16. The van der Waals surface area contributed by atoms with E-state index in [1.165, 1.54) is 5.56 Å². The van der Waals surface area contributed by atoms with E-state index in [9.17, 15) is 4.79 Å². The van der Waals surface area contributed by atoms with Crippen LogP contribution in [0.1, 0.15) is 18.4 Å². The summed E-state index contributed by atoms with van der Waals surface area (Å²) in [5.74, 6) is 0.160. The van der Waals surface area contributed by atoms with E-state index in [2.05, 4.69) is 17.8 Å². The number of hydrogen-bond donors (Lipinski definition) is 1. The minimum Gasteiger partial charge on any atom is -0.472 e. The Balaban J connectivity index is 2.12. The van der Waals surface area contributed by atoms with E-state index >= 15 is 0 Å². The van der Waals surface area contributed by atoms with E-state index in [1.54, 1.807) is 36.1 Å². The van der Waals surface area contributed by atoms with Crippen LogP contribution < -0.4 is 5.32 Å². The molecule has 0 spiro atoms. The third-order valence-corrected chi connectivity index (χ3v) is 6.06. The zero-order valence-electron chi connectivity index (χ0n) is 9.36. The van der Waals surface area contributed by atoms with Gasteiger partial charge in [0, 0.05) is 18.0 Å². The lowest BCUT2D eigenvalue weighted by Crippen LogP contribution is -2.50. The van der Waals surface area contributed by atoms with Crippen LogP contribution in [0.4, 0.5) is 0 Å². The molecule has 1 atom stereocenters. The molecule has 1 aromatic heterocycles. The first-order valence-corrected chi connectivity index (χ1v) is 7.57. The number of β-lactam (4-membered cyclic amide) rings is 1. The fourth-order valence-corrected chi connectivity index (χ4v) is 4.07. The van der Waals surface area contributed by atoms with Gasteiger partial charge in [-0.05, 0) is 25.0 Å². The molecule has 0 unspecified atom stereocenters. The van der Waals surface area contributed by atoms with Gasteiger partial charge in [-0.25, -0.2) is 0 Å². The maximum atomic E-state index is 10.9. The number of carbonyl (C=O) groups is 1. The molecule has 0 saturated carbocycles. The highest BCUT2D eigenvalue weighted by atomic mass is 32.2. The second-order valence-corrected chi connectivity index (χ2v) is 6.31. The van der Waals surface area contributed by atoms with Crippen molar-refractivity contribution in [2.75, 3.05) is 12.5 Å². The summed E-state index contributed by atoms with van der Waals surface area (Å²) >= 11 is 3.61. The van der Waals surface area contributed by atoms with Crippen LogP contribution in [0.25, 0.3) is 0 Å². The Morgan fingerprint density at radius 2 is 2.25 bits per heavy atom. The van der Waals surface area contributed by atoms with Crippen LogP contribution in [0.3, 0.4) is 0 Å². The van der Waals surface area contributed by atoms with Crippen molar-refractivity contribution in [3.63, 3.8) is 0 Å². The van der Waals surface area contributed by atoms with Gasteiger partial charge in [0.05, 0.1) is 16.6 Å². The minimum absolute atomic E-state index is 0.00856. The number of rotatable bonds is 5. The van der Waals surface area contributed by atoms with Gasteiger partial charge in [0.25, 0.3) is 0 Å². The SMILES string of the molecule is CSC(C[C@@H]1CC(=O)N1)(SC)c1ccoc1. The molecular weight excluding hydrogens is 242 g/mol. The number of amides is 1. The van der Waals surface area contributed by atoms with Crippen molar-refractivity contribution < 1.29 is 9.21 Å². The number of thioether (sulfide) groups is 2. The third kappa shape index (κ3) is 2.11. The third-order valence-electron chi connectivity index (χ3n) is 2.93. The lowest BCUT2D eigenvalue weighted by Gasteiger charge is -2.37. The molecule has 2 rings (SSSR count). The average Bonchev–Trinajstić information content (AvgIpc) is 2.77. The first kappa shape index (κ1) is 11.9. The second kappa shape index (κ2) is 4.75. The molecule has 0 radical (unpaired) electrons. The van der Waals surface area contributed by atoms with E-state index < -0.39 is 0 Å². The molecule has 1 aliphatic rings. The number of furan rings is 1. The largest absolute Gasteiger partial charge is 0.472 e. The minimum atomic E-state index is -0.00856. The lowest BCUT2D eigenvalue weighted by molar-refractivity contribution is -0.128. The highest BCUT2D eigenvalue weighted by molar-refractivity contribution is 8.16. The van der Waals surface area contributed by atoms with Crippen LogP contribution in [-0.2, 0) is 8.87 Å². The van der Waals surface area contributed by atoms with Gasteiger partial charge in [0.2, 0.25) is 5.91 Å². The summed E-state index contributed by atoms with van der Waals surface area (Å²) in [6.45, 7) is 0. The summed E-state index contributed by atoms with van der Waals surface area (Å²) in [6.07, 6.45) is 9.30. The lowest BCUT2D eigenvalue weighted by atomic mass is 9.98. The molecule has 5 heteroatoms. The molecule has 1 N–H and O–H groups in total. The molecular formula is C11H15NO2S2. The summed E-state index contributed by atoms with van der Waals surface area (Å²) in [5, 5.41) is 2.93. The fourth-order valence-electron chi connectivity index (χ4n) is 1.96. The van der Waals surface area contributed by atoms with Crippen LogP contribution in [0.2, 0.25) is 0 Å². The molecule has 3 nitrogen and oxygen atoms in total. The van der Waals surface area contributed by atoms with Crippen LogP contribution in [0.5, 0.6) is 0 Å². The Bertz CT molecular complexity index is 352. The van der Waals surface area contributed by atoms with Crippen LogP contribution in [0.15, 0.2) is 23.0 Å². The predicted molar refractivity (Wildman–Crippen MR) is 68.6 cm³/mol. The molecule has 0 aromatic carbocycles. The summed E-state index contributed by atoms with van der Waals surface area (Å²) in [4.78, 5) is 10.9. The molecule has 1 aromatic rings. The normalized spacial score (nSPS) is 20.4. The first-order valence-electron chi connectivity index (χ1n) is 5.12. The number of carbonyl (C=O) groups excluding carboxylic acids is 1. The molecule has 1 saturated heterocycles. The highest BCUT2D eigenvalue weighted by Crippen LogP contribution is 2.48. The Kier molecular flexibility index (Phi) is 3.54. The topological polar surface area (TPSA) is 42.2 Å². The van der Waals surface area contributed by atoms with Crippen molar-refractivity contribution in [1.29, 1.82) is 0 Å². The smallest absolute Gasteiger partial charge is 0.222 e. The van der Waals surface area contributed by atoms with E-state index in [4.69, 9.17) is 4.42 Å². The van der Waals surface area contributed by atoms with Gasteiger partial charge in [-0.15, -0.1) is 23.5 Å². The summed E-state index contributed by atoms with van der Waals surface area (Å²) in [7, 11) is 0. The Morgan fingerprint density at radius 1 is 1.56 bits per heavy atom. The van der Waals surface area contributed by atoms with E-state index in [-0.39, 0.29) is 9.99 Å². The standard InChI is InChI=1S/C11H15NO2S2/c1-15-11(16-2,8-3-4-14-7-8)6-9-5-10(13)12-9/h3-4,7,9H,5-6H2,1-2H3,(H,12,13)/t9-/m0/s1. The average molecular weight is 257 g/mol. The first-order chi connectivity index (χ1) is 7.70. The van der Waals surface area contributed by atoms with Crippen molar-refractivity contribution in [2.24, 2.45) is 0 Å². The molecule has 0 bridgehead atoms. The van der Waals surface area contributed by atoms with Crippen molar-refractivity contribution >= 4 is 29.4 Å². The molecule has 0 aliphatic carbocycles. The predicted octanol–water partition coefficient (Wildman–Crippen LogP) is 2.44. The quantitative estimate of drug-likeness (QED) is 0.650. The second-order valence-electron chi connectivity index (χ2n) is 3.85. The van der Waals surface area contributed by atoms with E-state index in [1.807, 2.05) is 6.07 Å². The zero-order valence-corrected chi connectivity index (χ0v) is 11.0. The van der Waals surface area contributed by atoms with Gasteiger partial charge < -0.3 is 9.73 Å². The van der Waals surface area contributed by atoms with Gasteiger partial charge in [-0.3, -0.25) is 4.79 Å². The molecule has 88 valence electrons. The van der Waals surface area contributed by atoms with Crippen molar-refractivity contribution in [3.05, 3.63) is 24.2 Å². The molecule has 1 amide bonds. The van der Waals surface area contributed by atoms with E-state index in [0.717, 1.165) is 6.42 Å². The van der Waals surface area contributed by atoms with Crippen LogP contribution in [-0.4, -0.2) is 24.5 Å². The number of nitrogens with one attached hydrogen (secondary N) is 1. The summed E-state index contributed by atoms with van der Waals surface area (Å²) in [5.41, 5.74) is 1.19. The molecule has 1 fully saturated rings. The summed E-state index contributed by atoms with van der Waals surface area (Å²) in [6, 6.07) is 2.32. The van der Waals surface area contributed by atoms with Gasteiger partial charge in [-0.2, -0.15) is 0 Å². The zero-order chi connectivity index (χ0) is 11.6. The fraction of sp³-hybridized carbons (Fsp3) is 0.545. The van der Waals surface area contributed by atoms with Gasteiger partial charge in [0.15, 0.2) is 0 Å². The van der Waals surface area contributed by atoms with Gasteiger partial charge in [0.1, 0.15) is 0 Å². The Hall–Kier alpha value is -0.550. The maximum absolute atomic E-state index is 10.9. The van der Waals surface area contributed by atoms with Crippen molar-refractivity contribution in [1.82, 2.24) is 5.32 Å². The van der Waals surface area contributed by atoms with Gasteiger partial charge >= 0.3 is 0 Å². The van der Waals surface area contributed by atoms with Gasteiger partial charge in [-0.1, -0.05) is 0 Å². The highest BCUT2D eigenvalue weighted by Gasteiger charge is 2.38. The Morgan fingerprint density at radius 3 is 2.69 bits per heavy atom. The Labute approximate surface area is 104 Å². The monoisotopic (exact) mass is 257 g/mol. The van der Waals surface area contributed by atoms with E-state index in [0.29, 0.717) is 12.5 Å². The molecule has 1 aliphatic heterocycles.